The van der Waals surface area contributed by atoms with Gasteiger partial charge in [0.1, 0.15) is 0 Å². The van der Waals surface area contributed by atoms with Crippen LogP contribution in [-0.4, -0.2) is 24.1 Å². The number of nitrogens with two attached hydrogens (primary N) is 1. The first-order valence-corrected chi connectivity index (χ1v) is 6.20. The summed E-state index contributed by atoms with van der Waals surface area (Å²) in [5.41, 5.74) is 6.94. The Morgan fingerprint density at radius 2 is 2.35 bits per heavy atom. The van der Waals surface area contributed by atoms with Gasteiger partial charge in [-0.3, -0.25) is 9.59 Å². The maximum atomic E-state index is 11.2. The van der Waals surface area contributed by atoms with Crippen molar-refractivity contribution in [2.24, 2.45) is 5.73 Å². The molecule has 0 spiro atoms. The summed E-state index contributed by atoms with van der Waals surface area (Å²) in [4.78, 5) is 23.3. The van der Waals surface area contributed by atoms with Crippen LogP contribution in [0.25, 0.3) is 0 Å². The van der Waals surface area contributed by atoms with E-state index in [2.05, 4.69) is 10.6 Å². The lowest BCUT2D eigenvalue weighted by Crippen LogP contribution is -2.29. The largest absolute Gasteiger partial charge is 0.351 e. The van der Waals surface area contributed by atoms with Crippen molar-refractivity contribution in [1.82, 2.24) is 5.32 Å². The quantitative estimate of drug-likeness (QED) is 0.721. The van der Waals surface area contributed by atoms with Gasteiger partial charge >= 0.3 is 0 Å². The molecule has 2 amide bonds. The standard InChI is InChI=1S/C11H13N3O2S/c12-4-10(15)13-5-7-1-2-9-8(3-7)14-11(16)6-17-9/h1-3H,4-6,12H2,(H,13,15)(H,14,16). The third-order valence-corrected chi connectivity index (χ3v) is 3.43. The van der Waals surface area contributed by atoms with E-state index in [0.717, 1.165) is 16.1 Å². The zero-order valence-electron chi connectivity index (χ0n) is 9.16. The molecule has 6 heteroatoms. The maximum Gasteiger partial charge on any atom is 0.234 e. The van der Waals surface area contributed by atoms with Crippen LogP contribution in [0.1, 0.15) is 5.56 Å². The molecule has 0 unspecified atom stereocenters. The first-order valence-electron chi connectivity index (χ1n) is 5.21. The molecule has 0 saturated carbocycles. The molecule has 1 heterocycles. The van der Waals surface area contributed by atoms with Crippen molar-refractivity contribution in [2.45, 2.75) is 11.4 Å². The Morgan fingerprint density at radius 3 is 3.12 bits per heavy atom. The van der Waals surface area contributed by atoms with Crippen LogP contribution in [-0.2, 0) is 16.1 Å². The van der Waals surface area contributed by atoms with Crippen LogP contribution in [0.2, 0.25) is 0 Å². The highest BCUT2D eigenvalue weighted by Gasteiger charge is 2.15. The lowest BCUT2D eigenvalue weighted by molar-refractivity contribution is -0.120. The van der Waals surface area contributed by atoms with Crippen LogP contribution in [0.4, 0.5) is 5.69 Å². The second kappa shape index (κ2) is 5.20. The normalized spacial score (nSPS) is 13.8. The summed E-state index contributed by atoms with van der Waals surface area (Å²) in [5, 5.41) is 5.49. The number of carbonyl (C=O) groups is 2. The summed E-state index contributed by atoms with van der Waals surface area (Å²) >= 11 is 1.52. The summed E-state index contributed by atoms with van der Waals surface area (Å²) in [7, 11) is 0. The van der Waals surface area contributed by atoms with E-state index in [0.29, 0.717) is 12.3 Å². The van der Waals surface area contributed by atoms with Gasteiger partial charge in [-0.1, -0.05) is 6.07 Å². The van der Waals surface area contributed by atoms with Gasteiger partial charge < -0.3 is 16.4 Å². The fraction of sp³-hybridized carbons (Fsp3) is 0.273. The molecule has 0 saturated heterocycles. The summed E-state index contributed by atoms with van der Waals surface area (Å²) in [6, 6.07) is 5.75. The molecule has 17 heavy (non-hydrogen) atoms. The van der Waals surface area contributed by atoms with Gasteiger partial charge in [-0.2, -0.15) is 0 Å². The number of anilines is 1. The van der Waals surface area contributed by atoms with E-state index in [9.17, 15) is 9.59 Å². The zero-order chi connectivity index (χ0) is 12.3. The number of amides is 2. The van der Waals surface area contributed by atoms with Gasteiger partial charge in [-0.05, 0) is 17.7 Å². The molecule has 0 aliphatic carbocycles. The number of carbonyl (C=O) groups excluding carboxylic acids is 2. The average molecular weight is 251 g/mol. The average Bonchev–Trinajstić information content (AvgIpc) is 2.35. The minimum absolute atomic E-state index is 0.00523. The molecule has 5 nitrogen and oxygen atoms in total. The number of fused-ring (bicyclic) bond motifs is 1. The van der Waals surface area contributed by atoms with E-state index in [4.69, 9.17) is 5.73 Å². The van der Waals surface area contributed by atoms with Crippen LogP contribution in [0, 0.1) is 0 Å². The summed E-state index contributed by atoms with van der Waals surface area (Å²) in [6.07, 6.45) is 0. The lowest BCUT2D eigenvalue weighted by atomic mass is 10.2. The monoisotopic (exact) mass is 251 g/mol. The number of hydrogen-bond acceptors (Lipinski definition) is 4. The van der Waals surface area contributed by atoms with Crippen molar-refractivity contribution in [1.29, 1.82) is 0 Å². The van der Waals surface area contributed by atoms with Crippen molar-refractivity contribution in [3.63, 3.8) is 0 Å². The molecule has 0 atom stereocenters. The van der Waals surface area contributed by atoms with Crippen molar-refractivity contribution in [2.75, 3.05) is 17.6 Å². The van der Waals surface area contributed by atoms with Gasteiger partial charge in [0.25, 0.3) is 0 Å². The van der Waals surface area contributed by atoms with Gasteiger partial charge in [0, 0.05) is 11.4 Å². The summed E-state index contributed by atoms with van der Waals surface area (Å²) < 4.78 is 0. The minimum Gasteiger partial charge on any atom is -0.351 e. The summed E-state index contributed by atoms with van der Waals surface area (Å²) in [6.45, 7) is 0.404. The number of hydrogen-bond donors (Lipinski definition) is 3. The predicted octanol–water partition coefficient (Wildman–Crippen LogP) is 0.306. The number of rotatable bonds is 3. The number of nitrogens with one attached hydrogen (secondary N) is 2. The van der Waals surface area contributed by atoms with Gasteiger partial charge in [-0.25, -0.2) is 0 Å². The fourth-order valence-corrected chi connectivity index (χ4v) is 2.30. The van der Waals surface area contributed by atoms with E-state index < -0.39 is 0 Å². The van der Waals surface area contributed by atoms with Crippen molar-refractivity contribution >= 4 is 29.3 Å². The highest BCUT2D eigenvalue weighted by atomic mass is 32.2. The minimum atomic E-state index is -0.193. The van der Waals surface area contributed by atoms with Crippen LogP contribution in [0.15, 0.2) is 23.1 Å². The number of thioether (sulfide) groups is 1. The predicted molar refractivity (Wildman–Crippen MR) is 66.7 cm³/mol. The molecule has 90 valence electrons. The van der Waals surface area contributed by atoms with Gasteiger partial charge in [0.15, 0.2) is 0 Å². The van der Waals surface area contributed by atoms with E-state index in [-0.39, 0.29) is 18.4 Å². The Labute approximate surface area is 103 Å². The third-order valence-electron chi connectivity index (χ3n) is 2.35. The van der Waals surface area contributed by atoms with E-state index >= 15 is 0 Å². The molecule has 0 aromatic heterocycles. The van der Waals surface area contributed by atoms with Crippen molar-refractivity contribution < 1.29 is 9.59 Å². The second-order valence-corrected chi connectivity index (χ2v) is 4.67. The van der Waals surface area contributed by atoms with Crippen LogP contribution in [0.3, 0.4) is 0 Å². The molecule has 0 fully saturated rings. The maximum absolute atomic E-state index is 11.2. The molecule has 0 bridgehead atoms. The first-order chi connectivity index (χ1) is 8.19. The van der Waals surface area contributed by atoms with Crippen molar-refractivity contribution in [3.05, 3.63) is 23.8 Å². The van der Waals surface area contributed by atoms with Crippen LogP contribution >= 0.6 is 11.8 Å². The molecule has 0 radical (unpaired) electrons. The Kier molecular flexibility index (Phi) is 3.65. The molecule has 1 aliphatic heterocycles. The lowest BCUT2D eigenvalue weighted by Gasteiger charge is -2.17. The molecule has 1 aromatic rings. The van der Waals surface area contributed by atoms with E-state index in [1.165, 1.54) is 11.8 Å². The van der Waals surface area contributed by atoms with E-state index in [1.54, 1.807) is 0 Å². The Morgan fingerprint density at radius 1 is 1.53 bits per heavy atom. The Hall–Kier alpha value is -1.53. The molecule has 2 rings (SSSR count). The fourth-order valence-electron chi connectivity index (χ4n) is 1.51. The molecule has 1 aliphatic rings. The number of benzene rings is 1. The highest BCUT2D eigenvalue weighted by Crippen LogP contribution is 2.31. The summed E-state index contributed by atoms with van der Waals surface area (Å²) in [5.74, 6) is 0.266. The zero-order valence-corrected chi connectivity index (χ0v) is 9.97. The highest BCUT2D eigenvalue weighted by molar-refractivity contribution is 8.00. The Bertz CT molecular complexity index is 462. The van der Waals surface area contributed by atoms with Gasteiger partial charge in [0.2, 0.25) is 11.8 Å². The SMILES string of the molecule is NCC(=O)NCc1ccc2c(c1)NC(=O)CS2. The van der Waals surface area contributed by atoms with Crippen molar-refractivity contribution in [3.8, 4) is 0 Å². The van der Waals surface area contributed by atoms with Crippen LogP contribution < -0.4 is 16.4 Å². The molecular weight excluding hydrogens is 238 g/mol. The molecular formula is C11H13N3O2S. The first kappa shape index (κ1) is 11.9. The molecule has 1 aromatic carbocycles. The Balaban J connectivity index is 2.07. The third kappa shape index (κ3) is 2.98. The topological polar surface area (TPSA) is 84.2 Å². The van der Waals surface area contributed by atoms with Gasteiger partial charge in [-0.15, -0.1) is 11.8 Å². The molecule has 4 N–H and O–H groups in total. The van der Waals surface area contributed by atoms with E-state index in [1.807, 2.05) is 18.2 Å². The second-order valence-electron chi connectivity index (χ2n) is 3.65. The smallest absolute Gasteiger partial charge is 0.234 e. The van der Waals surface area contributed by atoms with Crippen LogP contribution in [0.5, 0.6) is 0 Å². The van der Waals surface area contributed by atoms with Gasteiger partial charge in [0.05, 0.1) is 18.0 Å².